The second-order valence-electron chi connectivity index (χ2n) is 9.51. The number of ether oxygens (including phenoxy) is 1. The van der Waals surface area contributed by atoms with E-state index in [9.17, 15) is 23.1 Å². The van der Waals surface area contributed by atoms with Crippen molar-refractivity contribution >= 4 is 16.1 Å². The lowest BCUT2D eigenvalue weighted by molar-refractivity contribution is -0.140. The molecule has 3 aromatic rings. The Morgan fingerprint density at radius 1 is 1.13 bits per heavy atom. The topological polar surface area (TPSA) is 153 Å². The summed E-state index contributed by atoms with van der Waals surface area (Å²) in [5.74, 6) is 0.728. The predicted octanol–water partition coefficient (Wildman–Crippen LogP) is 2.79. The maximum Gasteiger partial charge on any atom is 0.350 e. The fraction of sp³-hybridized carbons (Fsp3) is 0.444. The number of piperidine rings is 1. The van der Waals surface area contributed by atoms with Crippen LogP contribution in [-0.4, -0.2) is 58.6 Å². The van der Waals surface area contributed by atoms with Crippen LogP contribution in [0.4, 0.5) is 0 Å². The van der Waals surface area contributed by atoms with E-state index >= 15 is 0 Å². The summed E-state index contributed by atoms with van der Waals surface area (Å²) in [5, 5.41) is 17.0. The third-order valence-electron chi connectivity index (χ3n) is 6.73. The number of aromatic hydroxyl groups is 1. The second-order valence-corrected chi connectivity index (χ2v) is 10.9. The average Bonchev–Trinajstić information content (AvgIpc) is 3.20. The number of hydrogen-bond acceptors (Lipinski definition) is 8. The van der Waals surface area contributed by atoms with Gasteiger partial charge in [0.2, 0.25) is 0 Å². The van der Waals surface area contributed by atoms with Gasteiger partial charge in [-0.3, -0.25) is 9.35 Å². The van der Waals surface area contributed by atoms with E-state index in [4.69, 9.17) is 4.55 Å². The van der Waals surface area contributed by atoms with Crippen molar-refractivity contribution in [3.63, 3.8) is 0 Å². The van der Waals surface area contributed by atoms with Crippen LogP contribution < -0.4 is 11.0 Å². The summed E-state index contributed by atoms with van der Waals surface area (Å²) >= 11 is 0. The molecular formula is C27H36N4O7S. The highest BCUT2D eigenvalue weighted by Gasteiger charge is 2.17. The monoisotopic (exact) mass is 560 g/mol. The van der Waals surface area contributed by atoms with Gasteiger partial charge in [0.1, 0.15) is 16.5 Å². The lowest BCUT2D eigenvalue weighted by atomic mass is 9.95. The molecule has 1 aliphatic rings. The Balaban J connectivity index is 0.000000293. The molecule has 12 heteroatoms. The van der Waals surface area contributed by atoms with E-state index < -0.39 is 20.8 Å². The molecule has 0 saturated carbocycles. The molecule has 11 nitrogen and oxygen atoms in total. The third kappa shape index (κ3) is 8.25. The van der Waals surface area contributed by atoms with E-state index in [1.165, 1.54) is 26.0 Å². The molecule has 1 saturated heterocycles. The number of aryl methyl sites for hydroxylation is 4. The highest BCUT2D eigenvalue weighted by molar-refractivity contribution is 7.86. The van der Waals surface area contributed by atoms with Crippen LogP contribution in [0.2, 0.25) is 0 Å². The van der Waals surface area contributed by atoms with Gasteiger partial charge in [-0.15, -0.1) is 0 Å². The standard InChI is InChI=1S/C20H28N4O3.C7H8O4S/c1-15-22-23(14-11-17-9-12-21-13-10-17)20(26)24(15)18-6-3-16(4-7-18)5-8-19(25)27-2;1-5-3-2-4-6(7(5)8)12(9,10)11/h3-4,6-7,17,21H,5,8-14H2,1-2H3;2-4,8H,1H3,(H,9,10,11). The number of benzene rings is 2. The smallest absolute Gasteiger partial charge is 0.350 e. The number of nitrogens with zero attached hydrogens (tertiary/aromatic N) is 3. The number of aromatic nitrogens is 3. The van der Waals surface area contributed by atoms with E-state index in [0.29, 0.717) is 36.7 Å². The third-order valence-corrected chi connectivity index (χ3v) is 7.61. The van der Waals surface area contributed by atoms with Crippen LogP contribution in [-0.2, 0) is 32.6 Å². The number of hydrogen-bond donors (Lipinski definition) is 3. The van der Waals surface area contributed by atoms with Gasteiger partial charge in [-0.1, -0.05) is 24.3 Å². The fourth-order valence-corrected chi connectivity index (χ4v) is 5.09. The van der Waals surface area contributed by atoms with Crippen LogP contribution in [0, 0.1) is 19.8 Å². The predicted molar refractivity (Wildman–Crippen MR) is 146 cm³/mol. The summed E-state index contributed by atoms with van der Waals surface area (Å²) in [7, 11) is -2.91. The quantitative estimate of drug-likeness (QED) is 0.279. The van der Waals surface area contributed by atoms with Gasteiger partial charge in [-0.2, -0.15) is 13.5 Å². The van der Waals surface area contributed by atoms with Crippen LogP contribution in [0.3, 0.4) is 0 Å². The summed E-state index contributed by atoms with van der Waals surface area (Å²) in [4.78, 5) is 23.6. The minimum absolute atomic E-state index is 0.0938. The SMILES string of the molecule is COC(=O)CCc1ccc(-n2c(C)nn(CCC3CCNCC3)c2=O)cc1.Cc1cccc(S(=O)(=O)O)c1O. The highest BCUT2D eigenvalue weighted by Crippen LogP contribution is 2.25. The lowest BCUT2D eigenvalue weighted by Crippen LogP contribution is -2.30. The molecule has 0 amide bonds. The number of carbonyl (C=O) groups is 1. The molecule has 212 valence electrons. The molecule has 2 aromatic carbocycles. The van der Waals surface area contributed by atoms with Crippen LogP contribution in [0.1, 0.15) is 42.6 Å². The van der Waals surface area contributed by atoms with Crippen molar-refractivity contribution in [1.29, 1.82) is 0 Å². The van der Waals surface area contributed by atoms with Gasteiger partial charge in [0.25, 0.3) is 10.1 Å². The van der Waals surface area contributed by atoms with E-state index in [1.807, 2.05) is 31.2 Å². The van der Waals surface area contributed by atoms with Crippen molar-refractivity contribution in [3.8, 4) is 11.4 Å². The van der Waals surface area contributed by atoms with Crippen LogP contribution in [0.5, 0.6) is 5.75 Å². The first-order valence-electron chi connectivity index (χ1n) is 12.8. The van der Waals surface area contributed by atoms with Crippen molar-refractivity contribution in [2.75, 3.05) is 20.2 Å². The number of methoxy groups -OCH3 is 1. The molecule has 3 N–H and O–H groups in total. The first-order chi connectivity index (χ1) is 18.5. The average molecular weight is 561 g/mol. The number of para-hydroxylation sites is 1. The number of esters is 1. The Morgan fingerprint density at radius 2 is 1.79 bits per heavy atom. The first-order valence-corrected chi connectivity index (χ1v) is 14.2. The Labute approximate surface area is 228 Å². The lowest BCUT2D eigenvalue weighted by Gasteiger charge is -2.22. The van der Waals surface area contributed by atoms with Crippen LogP contribution in [0.25, 0.3) is 5.69 Å². The first kappa shape index (κ1) is 30.1. The molecular weight excluding hydrogens is 524 g/mol. The maximum atomic E-state index is 12.8. The molecule has 0 bridgehead atoms. The number of nitrogens with one attached hydrogen (secondary N) is 1. The van der Waals surface area contributed by atoms with Crippen molar-refractivity contribution < 1.29 is 27.6 Å². The van der Waals surface area contributed by atoms with Crippen molar-refractivity contribution in [2.24, 2.45) is 5.92 Å². The van der Waals surface area contributed by atoms with Gasteiger partial charge in [0.05, 0.1) is 12.8 Å². The van der Waals surface area contributed by atoms with Gasteiger partial charge >= 0.3 is 11.7 Å². The maximum absolute atomic E-state index is 12.8. The van der Waals surface area contributed by atoms with Crippen molar-refractivity contribution in [1.82, 2.24) is 19.7 Å². The molecule has 2 heterocycles. The second kappa shape index (κ2) is 13.5. The molecule has 4 rings (SSSR count). The Kier molecular flexibility index (Phi) is 10.4. The van der Waals surface area contributed by atoms with E-state index in [0.717, 1.165) is 36.8 Å². The van der Waals surface area contributed by atoms with Crippen LogP contribution in [0.15, 0.2) is 52.2 Å². The van der Waals surface area contributed by atoms with E-state index in [2.05, 4.69) is 15.2 Å². The summed E-state index contributed by atoms with van der Waals surface area (Å²) in [6.07, 6.45) is 4.30. The molecule has 0 atom stereocenters. The molecule has 1 fully saturated rings. The van der Waals surface area contributed by atoms with Crippen molar-refractivity contribution in [2.45, 2.75) is 57.4 Å². The minimum atomic E-state index is -4.31. The molecule has 1 aromatic heterocycles. The normalized spacial score (nSPS) is 13.9. The summed E-state index contributed by atoms with van der Waals surface area (Å²) in [6, 6.07) is 11.8. The zero-order valence-corrected chi connectivity index (χ0v) is 23.3. The summed E-state index contributed by atoms with van der Waals surface area (Å²) in [5.41, 5.74) is 2.15. The van der Waals surface area contributed by atoms with Gasteiger partial charge < -0.3 is 15.2 Å². The van der Waals surface area contributed by atoms with Gasteiger partial charge in [-0.05, 0) is 87.9 Å². The van der Waals surface area contributed by atoms with Gasteiger partial charge in [0, 0.05) is 13.0 Å². The number of phenolic OH excluding ortho intramolecular Hbond substituents is 1. The van der Waals surface area contributed by atoms with Crippen LogP contribution >= 0.6 is 0 Å². The Hall–Kier alpha value is -3.48. The molecule has 0 unspecified atom stereocenters. The number of carbonyl (C=O) groups excluding carboxylic acids is 1. The zero-order chi connectivity index (χ0) is 28.6. The highest BCUT2D eigenvalue weighted by atomic mass is 32.2. The van der Waals surface area contributed by atoms with E-state index in [1.54, 1.807) is 22.2 Å². The molecule has 0 aliphatic carbocycles. The van der Waals surface area contributed by atoms with Gasteiger partial charge in [0.15, 0.2) is 0 Å². The zero-order valence-electron chi connectivity index (χ0n) is 22.5. The fourth-order valence-electron chi connectivity index (χ4n) is 4.43. The molecule has 1 aliphatic heterocycles. The molecule has 0 spiro atoms. The Bertz CT molecular complexity index is 1420. The molecule has 0 radical (unpaired) electrons. The van der Waals surface area contributed by atoms with E-state index in [-0.39, 0.29) is 11.7 Å². The minimum Gasteiger partial charge on any atom is -0.506 e. The number of rotatable bonds is 8. The van der Waals surface area contributed by atoms with Crippen molar-refractivity contribution in [3.05, 3.63) is 69.9 Å². The number of phenols is 1. The largest absolute Gasteiger partial charge is 0.506 e. The summed E-state index contributed by atoms with van der Waals surface area (Å²) < 4.78 is 37.7. The molecule has 39 heavy (non-hydrogen) atoms. The van der Waals surface area contributed by atoms with Gasteiger partial charge in [-0.25, -0.2) is 14.0 Å². The summed E-state index contributed by atoms with van der Waals surface area (Å²) in [6.45, 7) is 6.19. The Morgan fingerprint density at radius 3 is 2.38 bits per heavy atom.